The molecule has 88 valence electrons. The van der Waals surface area contributed by atoms with Crippen LogP contribution in [-0.2, 0) is 0 Å². The van der Waals surface area contributed by atoms with Crippen molar-refractivity contribution in [2.75, 3.05) is 0 Å². The van der Waals surface area contributed by atoms with Crippen molar-refractivity contribution in [3.05, 3.63) is 16.1 Å². The smallest absolute Gasteiger partial charge is 0.263 e. The molecule has 1 amide bonds. The van der Waals surface area contributed by atoms with Crippen LogP contribution in [0.5, 0.6) is 0 Å². The van der Waals surface area contributed by atoms with E-state index < -0.39 is 5.54 Å². The van der Waals surface area contributed by atoms with Gasteiger partial charge in [0.1, 0.15) is 4.88 Å². The van der Waals surface area contributed by atoms with E-state index in [9.17, 15) is 4.79 Å². The van der Waals surface area contributed by atoms with Gasteiger partial charge < -0.3 is 11.1 Å². The van der Waals surface area contributed by atoms with Crippen LogP contribution in [0.3, 0.4) is 0 Å². The number of nitrogens with zero attached hydrogens (tertiary/aromatic N) is 1. The molecule has 16 heavy (non-hydrogen) atoms. The summed E-state index contributed by atoms with van der Waals surface area (Å²) in [4.78, 5) is 16.8. The number of thiocarbonyl (C=S) groups is 1. The second kappa shape index (κ2) is 4.88. The number of rotatable bonds is 4. The van der Waals surface area contributed by atoms with Crippen molar-refractivity contribution in [3.63, 3.8) is 0 Å². The summed E-state index contributed by atoms with van der Waals surface area (Å²) >= 11 is 6.31. The van der Waals surface area contributed by atoms with E-state index in [2.05, 4.69) is 10.3 Å². The maximum absolute atomic E-state index is 11.9. The third-order valence-corrected chi connectivity index (χ3v) is 3.85. The zero-order valence-electron chi connectivity index (χ0n) is 9.53. The third-order valence-electron chi connectivity index (χ3n) is 2.49. The molecule has 0 bridgehead atoms. The van der Waals surface area contributed by atoms with Crippen molar-refractivity contribution in [1.29, 1.82) is 0 Å². The van der Waals surface area contributed by atoms with Crippen LogP contribution < -0.4 is 11.1 Å². The second-order valence-corrected chi connectivity index (χ2v) is 5.42. The molecule has 4 nitrogen and oxygen atoms in total. The Morgan fingerprint density at radius 3 is 2.75 bits per heavy atom. The number of nitrogens with one attached hydrogen (secondary N) is 1. The Labute approximate surface area is 104 Å². The van der Waals surface area contributed by atoms with Crippen LogP contribution in [0.2, 0.25) is 0 Å². The van der Waals surface area contributed by atoms with E-state index in [-0.39, 0.29) is 5.91 Å². The maximum atomic E-state index is 11.9. The van der Waals surface area contributed by atoms with Gasteiger partial charge in [-0.15, -0.1) is 11.3 Å². The molecule has 0 aliphatic rings. The van der Waals surface area contributed by atoms with Gasteiger partial charge in [-0.3, -0.25) is 4.79 Å². The van der Waals surface area contributed by atoms with Crippen LogP contribution in [-0.4, -0.2) is 21.4 Å². The van der Waals surface area contributed by atoms with Crippen molar-refractivity contribution >= 4 is 34.5 Å². The highest BCUT2D eigenvalue weighted by Crippen LogP contribution is 2.15. The maximum Gasteiger partial charge on any atom is 0.263 e. The lowest BCUT2D eigenvalue weighted by Gasteiger charge is -2.27. The largest absolute Gasteiger partial charge is 0.391 e. The highest BCUT2D eigenvalue weighted by Gasteiger charge is 2.28. The standard InChI is InChI=1S/C10H15N3OS2/c1-4-10(3,9(11)15)13-8(14)7-5-12-6(2)16-7/h5H,4H2,1-3H3,(H2,11,15)(H,13,14). The third kappa shape index (κ3) is 2.76. The van der Waals surface area contributed by atoms with E-state index in [1.807, 2.05) is 20.8 Å². The van der Waals surface area contributed by atoms with Crippen LogP contribution in [0.25, 0.3) is 0 Å². The Morgan fingerprint density at radius 2 is 2.38 bits per heavy atom. The van der Waals surface area contributed by atoms with Gasteiger partial charge in [-0.2, -0.15) is 0 Å². The Morgan fingerprint density at radius 1 is 1.75 bits per heavy atom. The number of hydrogen-bond donors (Lipinski definition) is 2. The lowest BCUT2D eigenvalue weighted by molar-refractivity contribution is 0.0930. The fraction of sp³-hybridized carbons (Fsp3) is 0.500. The monoisotopic (exact) mass is 257 g/mol. The molecule has 1 unspecified atom stereocenters. The molecule has 1 heterocycles. The molecule has 0 saturated heterocycles. The summed E-state index contributed by atoms with van der Waals surface area (Å²) in [6.45, 7) is 5.60. The fourth-order valence-corrected chi connectivity index (χ4v) is 1.97. The van der Waals surface area contributed by atoms with Crippen LogP contribution in [0.15, 0.2) is 6.20 Å². The molecule has 1 rings (SSSR count). The molecule has 0 spiro atoms. The summed E-state index contributed by atoms with van der Waals surface area (Å²) in [7, 11) is 0. The van der Waals surface area contributed by atoms with E-state index in [0.717, 1.165) is 5.01 Å². The molecule has 1 aromatic rings. The van der Waals surface area contributed by atoms with Gasteiger partial charge in [0.15, 0.2) is 0 Å². The molecule has 3 N–H and O–H groups in total. The minimum absolute atomic E-state index is 0.178. The molecule has 0 aliphatic heterocycles. The highest BCUT2D eigenvalue weighted by atomic mass is 32.1. The first-order valence-corrected chi connectivity index (χ1v) is 6.16. The molecule has 0 radical (unpaired) electrons. The fourth-order valence-electron chi connectivity index (χ4n) is 1.10. The molecule has 0 saturated carbocycles. The molecular formula is C10H15N3OS2. The van der Waals surface area contributed by atoms with Crippen LogP contribution in [0.1, 0.15) is 34.9 Å². The predicted molar refractivity (Wildman–Crippen MR) is 69.8 cm³/mol. The SMILES string of the molecule is CCC(C)(NC(=O)c1cnc(C)s1)C(N)=S. The first-order chi connectivity index (χ1) is 7.39. The second-order valence-electron chi connectivity index (χ2n) is 3.75. The summed E-state index contributed by atoms with van der Waals surface area (Å²) in [5.41, 5.74) is 4.98. The summed E-state index contributed by atoms with van der Waals surface area (Å²) in [5, 5.41) is 3.70. The Bertz CT molecular complexity index is 416. The lowest BCUT2D eigenvalue weighted by Crippen LogP contribution is -2.53. The Hall–Kier alpha value is -1.01. The Kier molecular flexibility index (Phi) is 3.98. The van der Waals surface area contributed by atoms with Crippen molar-refractivity contribution in [3.8, 4) is 0 Å². The number of thiazole rings is 1. The van der Waals surface area contributed by atoms with Gasteiger partial charge in [0.05, 0.1) is 21.7 Å². The highest BCUT2D eigenvalue weighted by molar-refractivity contribution is 7.80. The first kappa shape index (κ1) is 13.1. The average Bonchev–Trinajstić information content (AvgIpc) is 2.64. The molecule has 1 aromatic heterocycles. The van der Waals surface area contributed by atoms with E-state index in [1.54, 1.807) is 6.20 Å². The van der Waals surface area contributed by atoms with E-state index in [0.29, 0.717) is 16.3 Å². The topological polar surface area (TPSA) is 68.0 Å². The summed E-state index contributed by atoms with van der Waals surface area (Å²) in [6, 6.07) is 0. The molecule has 0 fully saturated rings. The number of hydrogen-bond acceptors (Lipinski definition) is 4. The molecular weight excluding hydrogens is 242 g/mol. The molecule has 1 atom stereocenters. The zero-order chi connectivity index (χ0) is 12.3. The predicted octanol–water partition coefficient (Wildman–Crippen LogP) is 1.64. The van der Waals surface area contributed by atoms with Crippen molar-refractivity contribution in [2.24, 2.45) is 5.73 Å². The van der Waals surface area contributed by atoms with Gasteiger partial charge in [-0.25, -0.2) is 4.98 Å². The summed E-state index contributed by atoms with van der Waals surface area (Å²) in [5.74, 6) is -0.178. The van der Waals surface area contributed by atoms with E-state index >= 15 is 0 Å². The summed E-state index contributed by atoms with van der Waals surface area (Å²) < 4.78 is 0. The zero-order valence-corrected chi connectivity index (χ0v) is 11.2. The number of aryl methyl sites for hydroxylation is 1. The molecule has 6 heteroatoms. The lowest BCUT2D eigenvalue weighted by atomic mass is 9.99. The number of amides is 1. The minimum Gasteiger partial charge on any atom is -0.391 e. The van der Waals surface area contributed by atoms with Crippen molar-refractivity contribution in [2.45, 2.75) is 32.7 Å². The van der Waals surface area contributed by atoms with Gasteiger partial charge in [0.2, 0.25) is 0 Å². The van der Waals surface area contributed by atoms with Crippen LogP contribution in [0, 0.1) is 6.92 Å². The van der Waals surface area contributed by atoms with Gasteiger partial charge in [-0.1, -0.05) is 19.1 Å². The van der Waals surface area contributed by atoms with Gasteiger partial charge in [0.25, 0.3) is 5.91 Å². The average molecular weight is 257 g/mol. The Balaban J connectivity index is 2.81. The molecule has 0 aliphatic carbocycles. The van der Waals surface area contributed by atoms with Gasteiger partial charge >= 0.3 is 0 Å². The number of aromatic nitrogens is 1. The molecule has 0 aromatic carbocycles. The first-order valence-electron chi connectivity index (χ1n) is 4.94. The van der Waals surface area contributed by atoms with Crippen molar-refractivity contribution < 1.29 is 4.79 Å². The number of carbonyl (C=O) groups excluding carboxylic acids is 1. The van der Waals surface area contributed by atoms with Crippen LogP contribution in [0.4, 0.5) is 0 Å². The van der Waals surface area contributed by atoms with E-state index in [4.69, 9.17) is 18.0 Å². The van der Waals surface area contributed by atoms with Crippen molar-refractivity contribution in [1.82, 2.24) is 10.3 Å². The van der Waals surface area contributed by atoms with Gasteiger partial charge in [-0.05, 0) is 20.3 Å². The summed E-state index contributed by atoms with van der Waals surface area (Å²) in [6.07, 6.45) is 2.22. The minimum atomic E-state index is -0.635. The number of carbonyl (C=O) groups is 1. The van der Waals surface area contributed by atoms with Crippen LogP contribution >= 0.6 is 23.6 Å². The van der Waals surface area contributed by atoms with Gasteiger partial charge in [0, 0.05) is 0 Å². The number of nitrogens with two attached hydrogens (primary N) is 1. The van der Waals surface area contributed by atoms with E-state index in [1.165, 1.54) is 11.3 Å². The quantitative estimate of drug-likeness (QED) is 0.805. The normalized spacial score (nSPS) is 14.2.